The molecule has 0 aromatic heterocycles. The number of carbonyl (C=O) groups is 1. The van der Waals surface area contributed by atoms with Gasteiger partial charge < -0.3 is 10.2 Å². The standard InChI is InChI=1S/C13H22N2O/c1-3-4-7-14-13(16)15(2)12-9-10-5-6-11(12)8-10/h5-6,10-12H,3-4,7-9H2,1-2H3,(H,14,16)/t10-,11-,12+/m1/s1. The highest BCUT2D eigenvalue weighted by molar-refractivity contribution is 5.74. The largest absolute Gasteiger partial charge is 0.338 e. The topological polar surface area (TPSA) is 32.3 Å². The van der Waals surface area contributed by atoms with Crippen LogP contribution in [0.25, 0.3) is 0 Å². The number of amides is 2. The summed E-state index contributed by atoms with van der Waals surface area (Å²) in [6.07, 6.45) is 9.19. The SMILES string of the molecule is CCCCNC(=O)N(C)[C@H]1C[C@@H]2C=C[C@@H]1C2. The molecule has 2 aliphatic rings. The number of rotatable bonds is 4. The van der Waals surface area contributed by atoms with Crippen molar-refractivity contribution in [2.75, 3.05) is 13.6 Å². The van der Waals surface area contributed by atoms with Gasteiger partial charge in [0.15, 0.2) is 0 Å². The molecule has 0 saturated heterocycles. The Balaban J connectivity index is 1.81. The van der Waals surface area contributed by atoms with Gasteiger partial charge in [0, 0.05) is 19.6 Å². The van der Waals surface area contributed by atoms with E-state index >= 15 is 0 Å². The molecule has 2 bridgehead atoms. The highest BCUT2D eigenvalue weighted by Crippen LogP contribution is 2.41. The van der Waals surface area contributed by atoms with Crippen molar-refractivity contribution < 1.29 is 4.79 Å². The molecular formula is C13H22N2O. The van der Waals surface area contributed by atoms with E-state index in [1.54, 1.807) is 0 Å². The molecule has 0 heterocycles. The summed E-state index contributed by atoms with van der Waals surface area (Å²) in [7, 11) is 1.93. The van der Waals surface area contributed by atoms with Crippen molar-refractivity contribution in [2.45, 2.75) is 38.6 Å². The lowest BCUT2D eigenvalue weighted by Crippen LogP contribution is -2.45. The van der Waals surface area contributed by atoms with Crippen LogP contribution < -0.4 is 5.32 Å². The predicted octanol–water partition coefficient (Wildman–Crippen LogP) is 2.39. The van der Waals surface area contributed by atoms with Crippen molar-refractivity contribution in [3.63, 3.8) is 0 Å². The van der Waals surface area contributed by atoms with Crippen LogP contribution in [-0.2, 0) is 0 Å². The second-order valence-corrected chi connectivity index (χ2v) is 5.04. The first-order valence-corrected chi connectivity index (χ1v) is 6.41. The van der Waals surface area contributed by atoms with E-state index in [1.165, 1.54) is 6.42 Å². The fourth-order valence-corrected chi connectivity index (χ4v) is 2.84. The molecule has 0 spiro atoms. The van der Waals surface area contributed by atoms with Crippen LogP contribution in [0.1, 0.15) is 32.6 Å². The Morgan fingerprint density at radius 3 is 2.81 bits per heavy atom. The van der Waals surface area contributed by atoms with Gasteiger partial charge in [-0.3, -0.25) is 0 Å². The van der Waals surface area contributed by atoms with Crippen LogP contribution in [0.3, 0.4) is 0 Å². The molecule has 1 N–H and O–H groups in total. The van der Waals surface area contributed by atoms with Gasteiger partial charge in [0.2, 0.25) is 0 Å². The van der Waals surface area contributed by atoms with E-state index in [1.807, 2.05) is 11.9 Å². The molecule has 2 amide bonds. The maximum atomic E-state index is 11.9. The van der Waals surface area contributed by atoms with Gasteiger partial charge in [-0.1, -0.05) is 25.5 Å². The molecule has 0 radical (unpaired) electrons. The zero-order chi connectivity index (χ0) is 11.5. The van der Waals surface area contributed by atoms with E-state index in [9.17, 15) is 4.79 Å². The molecular weight excluding hydrogens is 200 g/mol. The van der Waals surface area contributed by atoms with Crippen molar-refractivity contribution in [2.24, 2.45) is 11.8 Å². The Morgan fingerprint density at radius 2 is 2.25 bits per heavy atom. The van der Waals surface area contributed by atoms with Crippen molar-refractivity contribution in [1.29, 1.82) is 0 Å². The quantitative estimate of drug-likeness (QED) is 0.575. The number of hydrogen-bond acceptors (Lipinski definition) is 1. The van der Waals surface area contributed by atoms with Gasteiger partial charge >= 0.3 is 6.03 Å². The first-order valence-electron chi connectivity index (χ1n) is 6.41. The molecule has 2 rings (SSSR count). The molecule has 0 unspecified atom stereocenters. The highest BCUT2D eigenvalue weighted by atomic mass is 16.2. The molecule has 1 saturated carbocycles. The monoisotopic (exact) mass is 222 g/mol. The lowest BCUT2D eigenvalue weighted by Gasteiger charge is -2.29. The van der Waals surface area contributed by atoms with Crippen LogP contribution in [0.15, 0.2) is 12.2 Å². The summed E-state index contributed by atoms with van der Waals surface area (Å²) < 4.78 is 0. The summed E-state index contributed by atoms with van der Waals surface area (Å²) in [5.74, 6) is 1.33. The average molecular weight is 222 g/mol. The lowest BCUT2D eigenvalue weighted by atomic mass is 10.0. The Hall–Kier alpha value is -0.990. The second-order valence-electron chi connectivity index (χ2n) is 5.04. The maximum absolute atomic E-state index is 11.9. The third kappa shape index (κ3) is 2.23. The minimum Gasteiger partial charge on any atom is -0.338 e. The molecule has 0 aromatic rings. The van der Waals surface area contributed by atoms with Crippen LogP contribution in [0, 0.1) is 11.8 Å². The van der Waals surface area contributed by atoms with Gasteiger partial charge in [-0.25, -0.2) is 4.79 Å². The van der Waals surface area contributed by atoms with Crippen LogP contribution in [0.2, 0.25) is 0 Å². The molecule has 3 atom stereocenters. The molecule has 0 aromatic carbocycles. The molecule has 3 heteroatoms. The molecule has 2 aliphatic carbocycles. The fraction of sp³-hybridized carbons (Fsp3) is 0.769. The number of urea groups is 1. The number of unbranched alkanes of at least 4 members (excludes halogenated alkanes) is 1. The summed E-state index contributed by atoms with van der Waals surface area (Å²) in [4.78, 5) is 13.8. The Morgan fingerprint density at radius 1 is 1.44 bits per heavy atom. The number of fused-ring (bicyclic) bond motifs is 2. The van der Waals surface area contributed by atoms with Crippen LogP contribution in [0.5, 0.6) is 0 Å². The fourth-order valence-electron chi connectivity index (χ4n) is 2.84. The molecule has 0 aliphatic heterocycles. The zero-order valence-corrected chi connectivity index (χ0v) is 10.3. The van der Waals surface area contributed by atoms with Gasteiger partial charge in [0.1, 0.15) is 0 Å². The van der Waals surface area contributed by atoms with Crippen molar-refractivity contribution in [3.8, 4) is 0 Å². The summed E-state index contributed by atoms with van der Waals surface area (Å²) in [5.41, 5.74) is 0. The average Bonchev–Trinajstić information content (AvgIpc) is 2.90. The molecule has 90 valence electrons. The van der Waals surface area contributed by atoms with E-state index in [0.29, 0.717) is 12.0 Å². The smallest absolute Gasteiger partial charge is 0.317 e. The van der Waals surface area contributed by atoms with Crippen LogP contribution in [-0.4, -0.2) is 30.6 Å². The van der Waals surface area contributed by atoms with Gasteiger partial charge in [0.25, 0.3) is 0 Å². The number of carbonyl (C=O) groups excluding carboxylic acids is 1. The summed E-state index contributed by atoms with van der Waals surface area (Å²) >= 11 is 0. The minimum absolute atomic E-state index is 0.0967. The Kier molecular flexibility index (Phi) is 3.52. The third-order valence-corrected chi connectivity index (χ3v) is 3.87. The van der Waals surface area contributed by atoms with Crippen LogP contribution >= 0.6 is 0 Å². The maximum Gasteiger partial charge on any atom is 0.317 e. The normalized spacial score (nSPS) is 30.8. The summed E-state index contributed by atoms with van der Waals surface area (Å²) in [6, 6.07) is 0.524. The van der Waals surface area contributed by atoms with E-state index < -0.39 is 0 Å². The van der Waals surface area contributed by atoms with Gasteiger partial charge in [-0.2, -0.15) is 0 Å². The Bertz CT molecular complexity index is 288. The van der Waals surface area contributed by atoms with Crippen LogP contribution in [0.4, 0.5) is 4.79 Å². The van der Waals surface area contributed by atoms with Crippen molar-refractivity contribution in [1.82, 2.24) is 10.2 Å². The summed E-state index contributed by atoms with van der Waals surface area (Å²) in [6.45, 7) is 2.94. The van der Waals surface area contributed by atoms with Gasteiger partial charge in [-0.05, 0) is 31.1 Å². The molecule has 1 fully saturated rings. The molecule has 16 heavy (non-hydrogen) atoms. The van der Waals surface area contributed by atoms with Crippen molar-refractivity contribution in [3.05, 3.63) is 12.2 Å². The second kappa shape index (κ2) is 4.89. The summed E-state index contributed by atoms with van der Waals surface area (Å²) in [5, 5.41) is 2.98. The predicted molar refractivity (Wildman–Crippen MR) is 65.2 cm³/mol. The van der Waals surface area contributed by atoms with E-state index in [-0.39, 0.29) is 6.03 Å². The number of hydrogen-bond donors (Lipinski definition) is 1. The minimum atomic E-state index is 0.0967. The van der Waals surface area contributed by atoms with E-state index in [0.717, 1.165) is 31.7 Å². The first-order chi connectivity index (χ1) is 7.72. The zero-order valence-electron chi connectivity index (χ0n) is 10.3. The van der Waals surface area contributed by atoms with Gasteiger partial charge in [-0.15, -0.1) is 0 Å². The van der Waals surface area contributed by atoms with Crippen molar-refractivity contribution >= 4 is 6.03 Å². The first kappa shape index (κ1) is 11.5. The van der Waals surface area contributed by atoms with E-state index in [2.05, 4.69) is 24.4 Å². The van der Waals surface area contributed by atoms with Gasteiger partial charge in [0.05, 0.1) is 0 Å². The number of allylic oxidation sites excluding steroid dienone is 1. The lowest BCUT2D eigenvalue weighted by molar-refractivity contribution is 0.181. The number of nitrogens with one attached hydrogen (secondary N) is 1. The number of nitrogens with zero attached hydrogens (tertiary/aromatic N) is 1. The van der Waals surface area contributed by atoms with E-state index in [4.69, 9.17) is 0 Å². The highest BCUT2D eigenvalue weighted by Gasteiger charge is 2.39. The Labute approximate surface area is 97.9 Å². The molecule has 3 nitrogen and oxygen atoms in total. The third-order valence-electron chi connectivity index (χ3n) is 3.87.